The zero-order chi connectivity index (χ0) is 17.6. The molecule has 0 bridgehead atoms. The number of guanidine groups is 1. The topological polar surface area (TPSA) is 82.6 Å². The van der Waals surface area contributed by atoms with Gasteiger partial charge in [-0.2, -0.15) is 0 Å². The van der Waals surface area contributed by atoms with E-state index in [1.54, 1.807) is 14.0 Å². The minimum absolute atomic E-state index is 0. The quantitative estimate of drug-likeness (QED) is 0.180. The molecule has 1 rings (SSSR count). The summed E-state index contributed by atoms with van der Waals surface area (Å²) in [6.45, 7) is 2.34. The highest BCUT2D eigenvalue weighted by atomic mass is 127. The van der Waals surface area contributed by atoms with E-state index in [2.05, 4.69) is 20.3 Å². The van der Waals surface area contributed by atoms with E-state index >= 15 is 0 Å². The Morgan fingerprint density at radius 2 is 1.92 bits per heavy atom. The molecule has 0 radical (unpaired) electrons. The van der Waals surface area contributed by atoms with Crippen LogP contribution in [0.5, 0.6) is 0 Å². The van der Waals surface area contributed by atoms with Crippen molar-refractivity contribution in [3.05, 3.63) is 33.6 Å². The molecule has 138 valence electrons. The number of nitrogens with zero attached hydrogens (tertiary/aromatic N) is 1. The molecule has 1 unspecified atom stereocenters. The summed E-state index contributed by atoms with van der Waals surface area (Å²) in [7, 11) is -1.67. The molecular weight excluding hydrogens is 493 g/mol. The monoisotopic (exact) mass is 512 g/mol. The highest BCUT2D eigenvalue weighted by Gasteiger charge is 2.14. The van der Waals surface area contributed by atoms with Crippen molar-refractivity contribution in [2.75, 3.05) is 26.4 Å². The first-order valence-corrected chi connectivity index (χ1v) is 9.35. The molecule has 1 atom stereocenters. The lowest BCUT2D eigenvalue weighted by atomic mass is 10.1. The third kappa shape index (κ3) is 8.15. The highest BCUT2D eigenvalue weighted by Crippen LogP contribution is 2.28. The first-order chi connectivity index (χ1) is 10.6. The van der Waals surface area contributed by atoms with Gasteiger partial charge >= 0.3 is 0 Å². The van der Waals surface area contributed by atoms with Gasteiger partial charge in [0.2, 0.25) is 10.0 Å². The van der Waals surface area contributed by atoms with Crippen LogP contribution >= 0.6 is 47.2 Å². The minimum Gasteiger partial charge on any atom is -0.355 e. The smallest absolute Gasteiger partial charge is 0.208 e. The average molecular weight is 513 g/mol. The molecular formula is C13H20Cl2FIN4O2S. The Morgan fingerprint density at radius 3 is 2.46 bits per heavy atom. The first-order valence-electron chi connectivity index (χ1n) is 6.70. The molecule has 0 amide bonds. The number of benzene rings is 1. The van der Waals surface area contributed by atoms with Gasteiger partial charge in [-0.1, -0.05) is 23.2 Å². The minimum atomic E-state index is -3.23. The van der Waals surface area contributed by atoms with E-state index in [1.807, 2.05) is 0 Å². The van der Waals surface area contributed by atoms with Gasteiger partial charge < -0.3 is 10.6 Å². The van der Waals surface area contributed by atoms with Crippen LogP contribution in [0.15, 0.2) is 17.1 Å². The van der Waals surface area contributed by atoms with E-state index in [0.717, 1.165) is 6.26 Å². The zero-order valence-electron chi connectivity index (χ0n) is 13.4. The van der Waals surface area contributed by atoms with Gasteiger partial charge in [0.15, 0.2) is 5.96 Å². The third-order valence-electron chi connectivity index (χ3n) is 2.86. The predicted octanol–water partition coefficient (Wildman–Crippen LogP) is 2.53. The molecule has 6 nitrogen and oxygen atoms in total. The van der Waals surface area contributed by atoms with Gasteiger partial charge in [0.1, 0.15) is 5.82 Å². The van der Waals surface area contributed by atoms with Gasteiger partial charge in [0, 0.05) is 25.2 Å². The summed E-state index contributed by atoms with van der Waals surface area (Å²) in [6, 6.07) is 2.28. The molecule has 1 aromatic rings. The van der Waals surface area contributed by atoms with Crippen LogP contribution in [-0.4, -0.2) is 40.8 Å². The maximum atomic E-state index is 13.6. The van der Waals surface area contributed by atoms with E-state index in [1.165, 1.54) is 12.1 Å². The van der Waals surface area contributed by atoms with Crippen molar-refractivity contribution in [2.45, 2.75) is 13.0 Å². The van der Waals surface area contributed by atoms with Crippen molar-refractivity contribution in [1.82, 2.24) is 15.4 Å². The molecule has 11 heteroatoms. The molecule has 0 fully saturated rings. The van der Waals surface area contributed by atoms with E-state index in [0.29, 0.717) is 23.1 Å². The van der Waals surface area contributed by atoms with E-state index < -0.39 is 15.8 Å². The summed E-state index contributed by atoms with van der Waals surface area (Å²) in [6.07, 6.45) is 1.08. The van der Waals surface area contributed by atoms with E-state index in [9.17, 15) is 12.8 Å². The standard InChI is InChI=1S/C13H19Cl2FN4O2S.HI/c1-8(9-6-12(16)11(15)7-10(9)14)20-13(17-2)18-4-5-19-23(3,21)22;/h6-8,19H,4-5H2,1-3H3,(H2,17,18,20);1H. The molecule has 0 spiro atoms. The van der Waals surface area contributed by atoms with E-state index in [4.69, 9.17) is 23.2 Å². The largest absolute Gasteiger partial charge is 0.355 e. The maximum absolute atomic E-state index is 13.6. The normalized spacial score (nSPS) is 13.2. The SMILES string of the molecule is CN=C(NCCNS(C)(=O)=O)NC(C)c1cc(F)c(Cl)cc1Cl.I. The van der Waals surface area contributed by atoms with Gasteiger partial charge in [0.05, 0.1) is 17.3 Å². The first kappa shape index (κ1) is 23.6. The van der Waals surface area contributed by atoms with Crippen molar-refractivity contribution in [2.24, 2.45) is 4.99 Å². The summed E-state index contributed by atoms with van der Waals surface area (Å²) in [5, 5.41) is 6.27. The Kier molecular flexibility index (Phi) is 10.4. The number of aliphatic imine (C=N–C) groups is 1. The number of nitrogens with one attached hydrogen (secondary N) is 3. The summed E-state index contributed by atoms with van der Waals surface area (Å²) in [5.41, 5.74) is 0.533. The molecule has 3 N–H and O–H groups in total. The Bertz CT molecular complexity index is 689. The number of halogens is 4. The van der Waals surface area contributed by atoms with Crippen LogP contribution in [0.25, 0.3) is 0 Å². The molecule has 0 aliphatic rings. The Balaban J connectivity index is 0.00000529. The van der Waals surface area contributed by atoms with Crippen LogP contribution in [0.1, 0.15) is 18.5 Å². The summed E-state index contributed by atoms with van der Waals surface area (Å²) >= 11 is 11.7. The molecule has 24 heavy (non-hydrogen) atoms. The van der Waals surface area contributed by atoms with Gasteiger partial charge in [-0.05, 0) is 24.6 Å². The molecule has 0 saturated heterocycles. The fourth-order valence-electron chi connectivity index (χ4n) is 1.76. The van der Waals surface area contributed by atoms with Gasteiger partial charge in [-0.15, -0.1) is 24.0 Å². The molecule has 0 aliphatic carbocycles. The summed E-state index contributed by atoms with van der Waals surface area (Å²) in [5.74, 6) is -0.126. The lowest BCUT2D eigenvalue weighted by molar-refractivity contribution is 0.586. The van der Waals surface area contributed by atoms with Crippen LogP contribution in [0.3, 0.4) is 0 Å². The maximum Gasteiger partial charge on any atom is 0.208 e. The summed E-state index contributed by atoms with van der Waals surface area (Å²) < 4.78 is 37.8. The van der Waals surface area contributed by atoms with Crippen LogP contribution in [-0.2, 0) is 10.0 Å². The lowest BCUT2D eigenvalue weighted by Gasteiger charge is -2.19. The van der Waals surface area contributed by atoms with Gasteiger partial charge in [-0.25, -0.2) is 17.5 Å². The van der Waals surface area contributed by atoms with Gasteiger partial charge in [-0.3, -0.25) is 4.99 Å². The number of sulfonamides is 1. The molecule has 0 heterocycles. The molecule has 0 aliphatic heterocycles. The second-order valence-electron chi connectivity index (χ2n) is 4.82. The summed E-state index contributed by atoms with van der Waals surface area (Å²) in [4.78, 5) is 4.01. The Hall–Kier alpha value is -0.360. The number of hydrogen-bond donors (Lipinski definition) is 3. The number of hydrogen-bond acceptors (Lipinski definition) is 3. The second-order valence-corrected chi connectivity index (χ2v) is 7.47. The highest BCUT2D eigenvalue weighted by molar-refractivity contribution is 14.0. The predicted molar refractivity (Wildman–Crippen MR) is 108 cm³/mol. The molecule has 1 aromatic carbocycles. The second kappa shape index (κ2) is 10.6. The third-order valence-corrected chi connectivity index (χ3v) is 4.21. The fourth-order valence-corrected chi connectivity index (χ4v) is 2.78. The average Bonchev–Trinajstić information content (AvgIpc) is 2.44. The molecule has 0 saturated carbocycles. The van der Waals surface area contributed by atoms with Crippen molar-refractivity contribution in [3.63, 3.8) is 0 Å². The van der Waals surface area contributed by atoms with Crippen molar-refractivity contribution in [3.8, 4) is 0 Å². The zero-order valence-corrected chi connectivity index (χ0v) is 18.0. The Labute approximate surface area is 168 Å². The van der Waals surface area contributed by atoms with Crippen LogP contribution in [0.2, 0.25) is 10.0 Å². The van der Waals surface area contributed by atoms with Crippen LogP contribution in [0.4, 0.5) is 4.39 Å². The van der Waals surface area contributed by atoms with E-state index in [-0.39, 0.29) is 41.6 Å². The van der Waals surface area contributed by atoms with Crippen molar-refractivity contribution in [1.29, 1.82) is 0 Å². The van der Waals surface area contributed by atoms with Gasteiger partial charge in [0.25, 0.3) is 0 Å². The van der Waals surface area contributed by atoms with Crippen molar-refractivity contribution >= 4 is 63.2 Å². The lowest BCUT2D eigenvalue weighted by Crippen LogP contribution is -2.42. The van der Waals surface area contributed by atoms with Crippen LogP contribution in [0, 0.1) is 5.82 Å². The Morgan fingerprint density at radius 1 is 1.29 bits per heavy atom. The van der Waals surface area contributed by atoms with Crippen LogP contribution < -0.4 is 15.4 Å². The molecule has 0 aromatic heterocycles. The van der Waals surface area contributed by atoms with Crippen molar-refractivity contribution < 1.29 is 12.8 Å². The fraction of sp³-hybridized carbons (Fsp3) is 0.462. The number of rotatable bonds is 6.